The third-order valence-corrected chi connectivity index (χ3v) is 4.83. The minimum absolute atomic E-state index is 0.706. The first-order chi connectivity index (χ1) is 12.8. The Hall–Kier alpha value is -2.99. The highest BCUT2D eigenvalue weighted by Crippen LogP contribution is 2.28. The fourth-order valence-corrected chi connectivity index (χ4v) is 3.43. The standard InChI is InChI=1S/C20H19N5O/c1-14-6-8-15(9-7-14)18-22-23-19-16-4-2-3-5-17(16)21-20(25(18)19)24-10-12-26-13-11-24/h2-9H,10-13H2,1H3. The van der Waals surface area contributed by atoms with Crippen LogP contribution in [-0.4, -0.2) is 45.9 Å². The lowest BCUT2D eigenvalue weighted by molar-refractivity contribution is 0.122. The lowest BCUT2D eigenvalue weighted by atomic mass is 10.1. The van der Waals surface area contributed by atoms with Gasteiger partial charge in [-0.15, -0.1) is 10.2 Å². The summed E-state index contributed by atoms with van der Waals surface area (Å²) in [7, 11) is 0. The predicted molar refractivity (Wildman–Crippen MR) is 101 cm³/mol. The van der Waals surface area contributed by atoms with Gasteiger partial charge in [0.2, 0.25) is 5.95 Å². The quantitative estimate of drug-likeness (QED) is 0.559. The smallest absolute Gasteiger partial charge is 0.213 e. The molecule has 1 aliphatic heterocycles. The summed E-state index contributed by atoms with van der Waals surface area (Å²) in [6.45, 7) is 5.12. The summed E-state index contributed by atoms with van der Waals surface area (Å²) in [6, 6.07) is 16.5. The summed E-state index contributed by atoms with van der Waals surface area (Å²) in [5, 5.41) is 10.0. The second-order valence-corrected chi connectivity index (χ2v) is 6.58. The minimum Gasteiger partial charge on any atom is -0.378 e. The Bertz CT molecular complexity index is 1080. The second kappa shape index (κ2) is 6.07. The summed E-state index contributed by atoms with van der Waals surface area (Å²) in [5.41, 5.74) is 4.03. The van der Waals surface area contributed by atoms with E-state index in [1.165, 1.54) is 5.56 Å². The third-order valence-electron chi connectivity index (χ3n) is 4.83. The molecule has 130 valence electrons. The number of aryl methyl sites for hydroxylation is 1. The van der Waals surface area contributed by atoms with Crippen LogP contribution in [0.2, 0.25) is 0 Å². The molecule has 5 rings (SSSR count). The predicted octanol–water partition coefficient (Wildman–Crippen LogP) is 3.09. The van der Waals surface area contributed by atoms with Gasteiger partial charge in [0.1, 0.15) is 0 Å². The zero-order chi connectivity index (χ0) is 17.5. The first kappa shape index (κ1) is 15.3. The highest BCUT2D eigenvalue weighted by molar-refractivity contribution is 5.93. The van der Waals surface area contributed by atoms with E-state index in [1.54, 1.807) is 0 Å². The number of rotatable bonds is 2. The van der Waals surface area contributed by atoms with Gasteiger partial charge in [-0.25, -0.2) is 9.38 Å². The van der Waals surface area contributed by atoms with E-state index in [0.717, 1.165) is 47.0 Å². The molecule has 0 N–H and O–H groups in total. The first-order valence-electron chi connectivity index (χ1n) is 8.85. The van der Waals surface area contributed by atoms with Crippen molar-refractivity contribution in [3.63, 3.8) is 0 Å². The van der Waals surface area contributed by atoms with Crippen molar-refractivity contribution in [1.82, 2.24) is 19.6 Å². The molecule has 2 aromatic heterocycles. The Kier molecular flexibility index (Phi) is 3.57. The highest BCUT2D eigenvalue weighted by Gasteiger charge is 2.21. The van der Waals surface area contributed by atoms with E-state index in [2.05, 4.69) is 50.7 Å². The van der Waals surface area contributed by atoms with E-state index < -0.39 is 0 Å². The van der Waals surface area contributed by atoms with E-state index >= 15 is 0 Å². The zero-order valence-electron chi connectivity index (χ0n) is 14.6. The SMILES string of the molecule is Cc1ccc(-c2nnc3c4ccccc4nc(N4CCOCC4)n23)cc1. The number of aromatic nitrogens is 4. The summed E-state index contributed by atoms with van der Waals surface area (Å²) in [5.74, 6) is 1.70. The number of fused-ring (bicyclic) bond motifs is 3. The van der Waals surface area contributed by atoms with Gasteiger partial charge in [-0.3, -0.25) is 0 Å². The number of benzene rings is 2. The highest BCUT2D eigenvalue weighted by atomic mass is 16.5. The monoisotopic (exact) mass is 345 g/mol. The summed E-state index contributed by atoms with van der Waals surface area (Å²) < 4.78 is 7.60. The number of nitrogens with zero attached hydrogens (tertiary/aromatic N) is 5. The molecule has 0 radical (unpaired) electrons. The molecule has 0 amide bonds. The van der Waals surface area contributed by atoms with Gasteiger partial charge < -0.3 is 9.64 Å². The Morgan fingerprint density at radius 3 is 2.50 bits per heavy atom. The summed E-state index contributed by atoms with van der Waals surface area (Å²) >= 11 is 0. The minimum atomic E-state index is 0.706. The maximum absolute atomic E-state index is 5.52. The number of anilines is 1. The summed E-state index contributed by atoms with van der Waals surface area (Å²) in [4.78, 5) is 7.21. The van der Waals surface area contributed by atoms with E-state index in [9.17, 15) is 0 Å². The van der Waals surface area contributed by atoms with Gasteiger partial charge in [-0.1, -0.05) is 42.0 Å². The van der Waals surface area contributed by atoms with Crippen LogP contribution in [-0.2, 0) is 4.74 Å². The van der Waals surface area contributed by atoms with Crippen molar-refractivity contribution in [2.24, 2.45) is 0 Å². The molecule has 0 atom stereocenters. The van der Waals surface area contributed by atoms with Crippen LogP contribution in [0.5, 0.6) is 0 Å². The van der Waals surface area contributed by atoms with Gasteiger partial charge in [0, 0.05) is 24.0 Å². The molecule has 1 aliphatic rings. The largest absolute Gasteiger partial charge is 0.378 e. The van der Waals surface area contributed by atoms with Crippen LogP contribution >= 0.6 is 0 Å². The fraction of sp³-hybridized carbons (Fsp3) is 0.250. The van der Waals surface area contributed by atoms with Gasteiger partial charge in [0.25, 0.3) is 0 Å². The van der Waals surface area contributed by atoms with Crippen LogP contribution in [0, 0.1) is 6.92 Å². The third kappa shape index (κ3) is 2.42. The molecular weight excluding hydrogens is 326 g/mol. The van der Waals surface area contributed by atoms with Crippen molar-refractivity contribution in [2.45, 2.75) is 6.92 Å². The second-order valence-electron chi connectivity index (χ2n) is 6.58. The van der Waals surface area contributed by atoms with Crippen LogP contribution in [0.4, 0.5) is 5.95 Å². The van der Waals surface area contributed by atoms with E-state index in [0.29, 0.717) is 13.2 Å². The van der Waals surface area contributed by atoms with Crippen molar-refractivity contribution in [1.29, 1.82) is 0 Å². The number of hydrogen-bond acceptors (Lipinski definition) is 5. The fourth-order valence-electron chi connectivity index (χ4n) is 3.43. The molecule has 0 aliphatic carbocycles. The molecule has 6 nitrogen and oxygen atoms in total. The maximum atomic E-state index is 5.52. The van der Waals surface area contributed by atoms with Crippen LogP contribution in [0.3, 0.4) is 0 Å². The number of morpholine rings is 1. The number of ether oxygens (including phenoxy) is 1. The van der Waals surface area contributed by atoms with Crippen LogP contribution < -0.4 is 4.90 Å². The molecule has 1 fully saturated rings. The maximum Gasteiger partial charge on any atom is 0.213 e. The average molecular weight is 345 g/mol. The van der Waals surface area contributed by atoms with E-state index in [-0.39, 0.29) is 0 Å². The first-order valence-corrected chi connectivity index (χ1v) is 8.85. The van der Waals surface area contributed by atoms with Crippen LogP contribution in [0.1, 0.15) is 5.56 Å². The lowest BCUT2D eigenvalue weighted by Crippen LogP contribution is -2.38. The zero-order valence-corrected chi connectivity index (χ0v) is 14.6. The molecule has 3 heterocycles. The Balaban J connectivity index is 1.81. The molecular formula is C20H19N5O. The van der Waals surface area contributed by atoms with Crippen molar-refractivity contribution in [2.75, 3.05) is 31.2 Å². The average Bonchev–Trinajstić information content (AvgIpc) is 3.14. The van der Waals surface area contributed by atoms with Gasteiger partial charge in [0.05, 0.1) is 18.7 Å². The molecule has 26 heavy (non-hydrogen) atoms. The van der Waals surface area contributed by atoms with Crippen molar-refractivity contribution < 1.29 is 4.74 Å². The topological polar surface area (TPSA) is 55.5 Å². The van der Waals surface area contributed by atoms with Gasteiger partial charge in [0.15, 0.2) is 11.5 Å². The molecule has 0 spiro atoms. The molecule has 1 saturated heterocycles. The van der Waals surface area contributed by atoms with E-state index in [4.69, 9.17) is 9.72 Å². The Morgan fingerprint density at radius 1 is 0.923 bits per heavy atom. The van der Waals surface area contributed by atoms with Crippen molar-refractivity contribution in [3.8, 4) is 11.4 Å². The molecule has 6 heteroatoms. The Morgan fingerprint density at radius 2 is 1.69 bits per heavy atom. The molecule has 0 unspecified atom stereocenters. The van der Waals surface area contributed by atoms with Gasteiger partial charge in [-0.05, 0) is 19.1 Å². The van der Waals surface area contributed by atoms with Crippen molar-refractivity contribution in [3.05, 3.63) is 54.1 Å². The molecule has 2 aromatic carbocycles. The lowest BCUT2D eigenvalue weighted by Gasteiger charge is -2.28. The molecule has 4 aromatic rings. The van der Waals surface area contributed by atoms with Crippen LogP contribution in [0.25, 0.3) is 27.9 Å². The Labute approximate surface area is 151 Å². The van der Waals surface area contributed by atoms with Crippen LogP contribution in [0.15, 0.2) is 48.5 Å². The van der Waals surface area contributed by atoms with Crippen molar-refractivity contribution >= 4 is 22.5 Å². The number of hydrogen-bond donors (Lipinski definition) is 0. The van der Waals surface area contributed by atoms with E-state index in [1.807, 2.05) is 24.3 Å². The number of para-hydroxylation sites is 1. The molecule has 0 saturated carbocycles. The molecule has 0 bridgehead atoms. The summed E-state index contributed by atoms with van der Waals surface area (Å²) in [6.07, 6.45) is 0. The van der Waals surface area contributed by atoms with Gasteiger partial charge in [-0.2, -0.15) is 0 Å². The normalized spacial score (nSPS) is 15.0. The van der Waals surface area contributed by atoms with Gasteiger partial charge >= 0.3 is 0 Å².